The normalized spacial score (nSPS) is 18.2. The molecule has 0 fully saturated rings. The van der Waals surface area contributed by atoms with Gasteiger partial charge in [-0.25, -0.2) is 0 Å². The number of thiophene rings is 1. The van der Waals surface area contributed by atoms with E-state index in [1.807, 2.05) is 35.7 Å². The highest BCUT2D eigenvalue weighted by atomic mass is 32.2. The van der Waals surface area contributed by atoms with Crippen LogP contribution in [0.25, 0.3) is 9.81 Å². The van der Waals surface area contributed by atoms with Gasteiger partial charge in [0.2, 0.25) is 11.8 Å². The molecule has 1 aliphatic carbocycles. The van der Waals surface area contributed by atoms with Crippen molar-refractivity contribution in [3.05, 3.63) is 168 Å². The van der Waals surface area contributed by atoms with Crippen molar-refractivity contribution < 1.29 is 9.61 Å². The first-order chi connectivity index (χ1) is 21.0. The third-order valence-electron chi connectivity index (χ3n) is 7.46. The molecule has 1 unspecified atom stereocenters. The SMILES string of the molecule is Cc1ccc(C2=N[N+](=C3C=CC(=C4SC(c5ccccc5)=C(c5ccccc5)S4)C=C3)C(c3ccc([N+](=O)[O-])cc3)C2)s1. The minimum absolute atomic E-state index is 0.0528. The summed E-state index contributed by atoms with van der Waals surface area (Å²) in [6, 6.07) is 32.2. The van der Waals surface area contributed by atoms with Crippen LogP contribution in [0.1, 0.15) is 38.9 Å². The summed E-state index contributed by atoms with van der Waals surface area (Å²) in [4.78, 5) is 15.9. The highest BCUT2D eigenvalue weighted by Crippen LogP contribution is 2.58. The van der Waals surface area contributed by atoms with E-state index in [0.29, 0.717) is 0 Å². The van der Waals surface area contributed by atoms with E-state index in [1.54, 1.807) is 23.5 Å². The summed E-state index contributed by atoms with van der Waals surface area (Å²) in [6.45, 7) is 2.10. The molecular weight excluding hydrogens is 591 g/mol. The third kappa shape index (κ3) is 5.61. The van der Waals surface area contributed by atoms with Gasteiger partial charge in [0.05, 0.1) is 20.5 Å². The van der Waals surface area contributed by atoms with Gasteiger partial charge >= 0.3 is 0 Å². The van der Waals surface area contributed by atoms with E-state index >= 15 is 0 Å². The molecule has 43 heavy (non-hydrogen) atoms. The molecule has 3 aromatic carbocycles. The summed E-state index contributed by atoms with van der Waals surface area (Å²) in [5.74, 6) is 0. The monoisotopic (exact) mass is 616 g/mol. The number of hydrogen-bond acceptors (Lipinski definition) is 6. The van der Waals surface area contributed by atoms with Crippen LogP contribution in [0.2, 0.25) is 0 Å². The quantitative estimate of drug-likeness (QED) is 0.127. The molecule has 8 heteroatoms. The molecule has 3 heterocycles. The lowest BCUT2D eigenvalue weighted by molar-refractivity contribution is -0.566. The number of rotatable bonds is 5. The fourth-order valence-corrected chi connectivity index (χ4v) is 8.88. The minimum Gasteiger partial charge on any atom is -0.258 e. The van der Waals surface area contributed by atoms with Gasteiger partial charge in [-0.05, 0) is 65.1 Å². The van der Waals surface area contributed by atoms with Crippen molar-refractivity contribution in [2.45, 2.75) is 19.4 Å². The standard InChI is InChI=1S/C35H26N3O2S3/c1-23-12-21-32(41-23)30-22-31(24-13-19-29(20-14-24)38(39)40)37(36-30)28-17-15-27(16-18-28)35-42-33(25-8-4-2-5-9-25)34(43-35)26-10-6-3-7-11-26/h2-21,31H,22H2,1H3/q+1. The highest BCUT2D eigenvalue weighted by Gasteiger charge is 2.37. The fraction of sp³-hybridized carbons (Fsp3) is 0.0857. The smallest absolute Gasteiger partial charge is 0.258 e. The summed E-state index contributed by atoms with van der Waals surface area (Å²) in [5.41, 5.74) is 6.73. The van der Waals surface area contributed by atoms with E-state index in [2.05, 4.69) is 109 Å². The molecule has 0 amide bonds. The maximum absolute atomic E-state index is 11.3. The van der Waals surface area contributed by atoms with Crippen molar-refractivity contribution in [2.24, 2.45) is 5.10 Å². The number of hydrazone groups is 1. The van der Waals surface area contributed by atoms with Gasteiger partial charge in [-0.15, -0.1) is 11.3 Å². The van der Waals surface area contributed by atoms with Crippen LogP contribution in [-0.4, -0.2) is 21.0 Å². The van der Waals surface area contributed by atoms with Gasteiger partial charge in [-0.1, -0.05) is 88.9 Å². The van der Waals surface area contributed by atoms with E-state index in [9.17, 15) is 10.1 Å². The number of nitrogens with zero attached hydrogens (tertiary/aromatic N) is 3. The van der Waals surface area contributed by atoms with Crippen LogP contribution in [-0.2, 0) is 0 Å². The Bertz CT molecular complexity index is 1840. The fourth-order valence-electron chi connectivity index (χ4n) is 5.29. The minimum atomic E-state index is -0.358. The van der Waals surface area contributed by atoms with Crippen molar-refractivity contribution in [1.82, 2.24) is 0 Å². The number of nitro benzene ring substituents is 1. The van der Waals surface area contributed by atoms with Gasteiger partial charge in [0.15, 0.2) is 0 Å². The Hall–Kier alpha value is -4.24. The summed E-state index contributed by atoms with van der Waals surface area (Å²) in [6.07, 6.45) is 9.36. The average Bonchev–Trinajstić information content (AvgIpc) is 3.81. The number of nitro groups is 1. The van der Waals surface area contributed by atoms with Gasteiger partial charge < -0.3 is 0 Å². The molecule has 3 aliphatic rings. The molecule has 7 rings (SSSR count). The number of hydrogen-bond donors (Lipinski definition) is 0. The first-order valence-corrected chi connectivity index (χ1v) is 16.3. The second kappa shape index (κ2) is 11.8. The van der Waals surface area contributed by atoms with Crippen LogP contribution in [0.5, 0.6) is 0 Å². The lowest BCUT2D eigenvalue weighted by atomic mass is 10.0. The molecule has 1 atom stereocenters. The number of thioether (sulfide) groups is 2. The highest BCUT2D eigenvalue weighted by molar-refractivity contribution is 8.34. The van der Waals surface area contributed by atoms with E-state index in [1.165, 1.54) is 35.6 Å². The second-order valence-electron chi connectivity index (χ2n) is 10.3. The first-order valence-electron chi connectivity index (χ1n) is 13.9. The zero-order chi connectivity index (χ0) is 29.3. The number of aryl methyl sites for hydroxylation is 1. The molecule has 5 nitrogen and oxygen atoms in total. The Kier molecular flexibility index (Phi) is 7.57. The molecule has 4 aromatic rings. The zero-order valence-electron chi connectivity index (χ0n) is 23.2. The van der Waals surface area contributed by atoms with Crippen LogP contribution in [0.3, 0.4) is 0 Å². The molecule has 0 radical (unpaired) electrons. The van der Waals surface area contributed by atoms with E-state index < -0.39 is 0 Å². The molecular formula is C35H26N3O2S3+. The van der Waals surface area contributed by atoms with Crippen LogP contribution in [0.4, 0.5) is 5.69 Å². The Morgan fingerprint density at radius 1 is 0.791 bits per heavy atom. The predicted octanol–water partition coefficient (Wildman–Crippen LogP) is 9.61. The summed E-state index contributed by atoms with van der Waals surface area (Å²) in [5, 5.41) is 16.4. The van der Waals surface area contributed by atoms with Crippen molar-refractivity contribution in [3.8, 4) is 0 Å². The number of benzene rings is 3. The van der Waals surface area contributed by atoms with E-state index in [0.717, 1.165) is 28.3 Å². The number of non-ortho nitro benzene ring substituents is 1. The van der Waals surface area contributed by atoms with Crippen LogP contribution in [0, 0.1) is 17.0 Å². The van der Waals surface area contributed by atoms with Gasteiger partial charge in [0.1, 0.15) is 5.71 Å². The molecule has 0 saturated carbocycles. The zero-order valence-corrected chi connectivity index (χ0v) is 25.7. The van der Waals surface area contributed by atoms with Crippen LogP contribution < -0.4 is 0 Å². The predicted molar refractivity (Wildman–Crippen MR) is 182 cm³/mol. The molecule has 0 bridgehead atoms. The largest absolute Gasteiger partial charge is 0.269 e. The molecule has 2 aliphatic heterocycles. The third-order valence-corrected chi connectivity index (χ3v) is 11.3. The van der Waals surface area contributed by atoms with Gasteiger partial charge in [0, 0.05) is 44.5 Å². The summed E-state index contributed by atoms with van der Waals surface area (Å²) in [7, 11) is 0. The molecule has 0 spiro atoms. The van der Waals surface area contributed by atoms with Gasteiger partial charge in [0.25, 0.3) is 5.69 Å². The topological polar surface area (TPSA) is 58.5 Å². The lowest BCUT2D eigenvalue weighted by Crippen LogP contribution is -2.17. The Balaban J connectivity index is 1.24. The van der Waals surface area contributed by atoms with Crippen LogP contribution >= 0.6 is 34.9 Å². The Labute approximate surface area is 262 Å². The summed E-state index contributed by atoms with van der Waals surface area (Å²) >= 11 is 5.39. The van der Waals surface area contributed by atoms with E-state index in [4.69, 9.17) is 5.10 Å². The van der Waals surface area contributed by atoms with Crippen molar-refractivity contribution in [3.63, 3.8) is 0 Å². The second-order valence-corrected chi connectivity index (χ2v) is 13.9. The summed E-state index contributed by atoms with van der Waals surface area (Å²) < 4.78 is 3.31. The van der Waals surface area contributed by atoms with Gasteiger partial charge in [-0.3, -0.25) is 10.1 Å². The van der Waals surface area contributed by atoms with Crippen molar-refractivity contribution in [1.29, 1.82) is 0 Å². The number of allylic oxidation sites excluding steroid dienone is 5. The Morgan fingerprint density at radius 3 is 1.93 bits per heavy atom. The molecule has 0 N–H and O–H groups in total. The Morgan fingerprint density at radius 2 is 1.40 bits per heavy atom. The maximum atomic E-state index is 11.3. The first kappa shape index (κ1) is 27.6. The van der Waals surface area contributed by atoms with E-state index in [-0.39, 0.29) is 16.7 Å². The van der Waals surface area contributed by atoms with Gasteiger partial charge in [-0.2, -0.15) is 0 Å². The van der Waals surface area contributed by atoms with Crippen molar-refractivity contribution >= 4 is 61.8 Å². The van der Waals surface area contributed by atoms with Crippen molar-refractivity contribution in [2.75, 3.05) is 0 Å². The lowest BCUT2D eigenvalue weighted by Gasteiger charge is -2.09. The maximum Gasteiger partial charge on any atom is 0.269 e. The molecule has 1 aromatic heterocycles. The average molecular weight is 617 g/mol. The molecule has 0 saturated heterocycles. The van der Waals surface area contributed by atoms with Crippen LogP contribution in [0.15, 0.2) is 136 Å². The molecule has 210 valence electrons.